The molecule has 124 valence electrons. The molecule has 0 saturated heterocycles. The molecule has 0 bridgehead atoms. The molecular weight excluding hydrogens is 314 g/mol. The maximum Gasteiger partial charge on any atom is 0.261 e. The number of hydrogen-bond donors (Lipinski definition) is 1. The molecule has 0 saturated carbocycles. The molecule has 0 spiro atoms. The molecule has 23 heavy (non-hydrogen) atoms. The summed E-state index contributed by atoms with van der Waals surface area (Å²) in [6.45, 7) is 4.73. The Morgan fingerprint density at radius 1 is 1.00 bits per heavy atom. The molecule has 2 rings (SSSR count). The summed E-state index contributed by atoms with van der Waals surface area (Å²) < 4.78 is 37.9. The maximum atomic E-state index is 12.5. The standard InChI is InChI=1S/C17H21NO4S/c1-13-5-4-6-17(14(13)2)18-23(19,20)16-9-7-15(8-10-16)22-12-11-21-3/h4-10,18H,11-12H2,1-3H3. The van der Waals surface area contributed by atoms with Gasteiger partial charge in [-0.25, -0.2) is 8.42 Å². The molecule has 2 aromatic carbocycles. The number of aryl methyl sites for hydroxylation is 1. The van der Waals surface area contributed by atoms with Crippen molar-refractivity contribution in [1.82, 2.24) is 0 Å². The van der Waals surface area contributed by atoms with Crippen molar-refractivity contribution >= 4 is 15.7 Å². The largest absolute Gasteiger partial charge is 0.491 e. The summed E-state index contributed by atoms with van der Waals surface area (Å²) in [5.41, 5.74) is 2.54. The Hall–Kier alpha value is -2.05. The number of benzene rings is 2. The van der Waals surface area contributed by atoms with Gasteiger partial charge in [0.1, 0.15) is 12.4 Å². The lowest BCUT2D eigenvalue weighted by atomic mass is 10.1. The number of sulfonamides is 1. The summed E-state index contributed by atoms with van der Waals surface area (Å²) in [6, 6.07) is 11.8. The van der Waals surface area contributed by atoms with Crippen LogP contribution in [0.1, 0.15) is 11.1 Å². The molecule has 5 nitrogen and oxygen atoms in total. The number of ether oxygens (including phenoxy) is 2. The normalized spacial score (nSPS) is 11.3. The van der Waals surface area contributed by atoms with Gasteiger partial charge in [-0.05, 0) is 55.3 Å². The smallest absolute Gasteiger partial charge is 0.261 e. The number of anilines is 1. The maximum absolute atomic E-state index is 12.5. The van der Waals surface area contributed by atoms with E-state index in [-0.39, 0.29) is 4.90 Å². The first kappa shape index (κ1) is 17.3. The number of rotatable bonds is 7. The first-order chi connectivity index (χ1) is 10.9. The highest BCUT2D eigenvalue weighted by Crippen LogP contribution is 2.23. The zero-order valence-corrected chi connectivity index (χ0v) is 14.3. The minimum Gasteiger partial charge on any atom is -0.491 e. The van der Waals surface area contributed by atoms with Crippen LogP contribution in [-0.4, -0.2) is 28.7 Å². The molecule has 0 aliphatic rings. The first-order valence-corrected chi connectivity index (χ1v) is 8.73. The van der Waals surface area contributed by atoms with Gasteiger partial charge < -0.3 is 9.47 Å². The van der Waals surface area contributed by atoms with Gasteiger partial charge in [0.25, 0.3) is 10.0 Å². The second-order valence-corrected chi connectivity index (χ2v) is 6.85. The lowest BCUT2D eigenvalue weighted by Crippen LogP contribution is -2.14. The monoisotopic (exact) mass is 335 g/mol. The van der Waals surface area contributed by atoms with Crippen molar-refractivity contribution in [2.24, 2.45) is 0 Å². The Bertz CT molecular complexity index is 755. The molecule has 0 radical (unpaired) electrons. The van der Waals surface area contributed by atoms with E-state index in [2.05, 4.69) is 4.72 Å². The van der Waals surface area contributed by atoms with Crippen LogP contribution in [0, 0.1) is 13.8 Å². The Morgan fingerprint density at radius 2 is 1.70 bits per heavy atom. The van der Waals surface area contributed by atoms with E-state index in [9.17, 15) is 8.42 Å². The Labute approximate surface area is 137 Å². The Morgan fingerprint density at radius 3 is 2.35 bits per heavy atom. The molecule has 6 heteroatoms. The SMILES string of the molecule is COCCOc1ccc(S(=O)(=O)Nc2cccc(C)c2C)cc1. The van der Waals surface area contributed by atoms with Crippen LogP contribution < -0.4 is 9.46 Å². The van der Waals surface area contributed by atoms with Gasteiger partial charge in [-0.15, -0.1) is 0 Å². The predicted octanol–water partition coefficient (Wildman–Crippen LogP) is 3.13. The fraction of sp³-hybridized carbons (Fsp3) is 0.294. The summed E-state index contributed by atoms with van der Waals surface area (Å²) in [5, 5.41) is 0. The van der Waals surface area contributed by atoms with Gasteiger partial charge in [-0.1, -0.05) is 12.1 Å². The quantitative estimate of drug-likeness (QED) is 0.790. The molecule has 0 amide bonds. The van der Waals surface area contributed by atoms with E-state index in [0.29, 0.717) is 24.7 Å². The van der Waals surface area contributed by atoms with Crippen molar-refractivity contribution in [1.29, 1.82) is 0 Å². The molecule has 0 unspecified atom stereocenters. The third kappa shape index (κ3) is 4.46. The highest BCUT2D eigenvalue weighted by molar-refractivity contribution is 7.92. The zero-order valence-electron chi connectivity index (χ0n) is 13.5. The van der Waals surface area contributed by atoms with Crippen LogP contribution in [0.15, 0.2) is 47.4 Å². The van der Waals surface area contributed by atoms with Crippen LogP contribution in [0.25, 0.3) is 0 Å². The van der Waals surface area contributed by atoms with Crippen LogP contribution in [-0.2, 0) is 14.8 Å². The molecular formula is C17H21NO4S. The van der Waals surface area contributed by atoms with E-state index in [1.807, 2.05) is 26.0 Å². The number of hydrogen-bond acceptors (Lipinski definition) is 4. The molecule has 0 fully saturated rings. The van der Waals surface area contributed by atoms with Crippen LogP contribution in [0.2, 0.25) is 0 Å². The summed E-state index contributed by atoms with van der Waals surface area (Å²) in [4.78, 5) is 0.192. The van der Waals surface area contributed by atoms with Crippen molar-refractivity contribution in [2.45, 2.75) is 18.7 Å². The second kappa shape index (κ2) is 7.48. The predicted molar refractivity (Wildman–Crippen MR) is 90.5 cm³/mol. The fourth-order valence-corrected chi connectivity index (χ4v) is 3.15. The van der Waals surface area contributed by atoms with Crippen molar-refractivity contribution in [3.05, 3.63) is 53.6 Å². The lowest BCUT2D eigenvalue weighted by molar-refractivity contribution is 0.146. The van der Waals surface area contributed by atoms with E-state index in [1.165, 1.54) is 12.1 Å². The average molecular weight is 335 g/mol. The average Bonchev–Trinajstić information content (AvgIpc) is 2.52. The second-order valence-electron chi connectivity index (χ2n) is 5.17. The molecule has 0 aromatic heterocycles. The van der Waals surface area contributed by atoms with E-state index >= 15 is 0 Å². The van der Waals surface area contributed by atoms with Crippen LogP contribution >= 0.6 is 0 Å². The van der Waals surface area contributed by atoms with Gasteiger partial charge in [-0.2, -0.15) is 0 Å². The Kier molecular flexibility index (Phi) is 5.63. The van der Waals surface area contributed by atoms with Crippen molar-refractivity contribution in [2.75, 3.05) is 25.0 Å². The van der Waals surface area contributed by atoms with Gasteiger partial charge in [0, 0.05) is 7.11 Å². The summed E-state index contributed by atoms with van der Waals surface area (Å²) >= 11 is 0. The van der Waals surface area contributed by atoms with E-state index in [0.717, 1.165) is 11.1 Å². The first-order valence-electron chi connectivity index (χ1n) is 7.25. The number of methoxy groups -OCH3 is 1. The van der Waals surface area contributed by atoms with Crippen LogP contribution in [0.4, 0.5) is 5.69 Å². The minimum absolute atomic E-state index is 0.192. The molecule has 2 aromatic rings. The topological polar surface area (TPSA) is 64.6 Å². The molecule has 0 aliphatic carbocycles. The van der Waals surface area contributed by atoms with Crippen molar-refractivity contribution < 1.29 is 17.9 Å². The minimum atomic E-state index is -3.62. The molecule has 0 aliphatic heterocycles. The third-order valence-corrected chi connectivity index (χ3v) is 4.92. The van der Waals surface area contributed by atoms with Gasteiger partial charge in [-0.3, -0.25) is 4.72 Å². The highest BCUT2D eigenvalue weighted by atomic mass is 32.2. The highest BCUT2D eigenvalue weighted by Gasteiger charge is 2.15. The summed E-state index contributed by atoms with van der Waals surface area (Å²) in [7, 11) is -2.03. The van der Waals surface area contributed by atoms with Gasteiger partial charge >= 0.3 is 0 Å². The van der Waals surface area contributed by atoms with Gasteiger partial charge in [0.05, 0.1) is 17.2 Å². The number of nitrogens with one attached hydrogen (secondary N) is 1. The fourth-order valence-electron chi connectivity index (χ4n) is 2.02. The van der Waals surface area contributed by atoms with Crippen LogP contribution in [0.3, 0.4) is 0 Å². The van der Waals surface area contributed by atoms with Gasteiger partial charge in [0.15, 0.2) is 0 Å². The van der Waals surface area contributed by atoms with E-state index in [4.69, 9.17) is 9.47 Å². The van der Waals surface area contributed by atoms with Crippen molar-refractivity contribution in [3.63, 3.8) is 0 Å². The molecule has 1 N–H and O–H groups in total. The van der Waals surface area contributed by atoms with E-state index < -0.39 is 10.0 Å². The molecule has 0 heterocycles. The third-order valence-electron chi connectivity index (χ3n) is 3.54. The Balaban J connectivity index is 2.14. The lowest BCUT2D eigenvalue weighted by Gasteiger charge is -2.12. The summed E-state index contributed by atoms with van der Waals surface area (Å²) in [5.74, 6) is 0.604. The van der Waals surface area contributed by atoms with Crippen LogP contribution in [0.5, 0.6) is 5.75 Å². The summed E-state index contributed by atoms with van der Waals surface area (Å²) in [6.07, 6.45) is 0. The van der Waals surface area contributed by atoms with E-state index in [1.54, 1.807) is 25.3 Å². The zero-order chi connectivity index (χ0) is 16.9. The van der Waals surface area contributed by atoms with Crippen molar-refractivity contribution in [3.8, 4) is 5.75 Å². The van der Waals surface area contributed by atoms with Gasteiger partial charge in [0.2, 0.25) is 0 Å². The molecule has 0 atom stereocenters.